The molecule has 160 valence electrons. The van der Waals surface area contributed by atoms with Crippen LogP contribution in [0, 0.1) is 0 Å². The number of aromatic nitrogens is 2. The molecular weight excluding hydrogens is 404 g/mol. The molecule has 7 nitrogen and oxygen atoms in total. The number of hydrogen-bond acceptors (Lipinski definition) is 5. The molecule has 0 spiro atoms. The van der Waals surface area contributed by atoms with Gasteiger partial charge in [-0.2, -0.15) is 0 Å². The van der Waals surface area contributed by atoms with Crippen LogP contribution < -0.4 is 15.4 Å². The van der Waals surface area contributed by atoms with Crippen LogP contribution in [0.4, 0.5) is 11.6 Å². The molecule has 2 heterocycles. The van der Waals surface area contributed by atoms with Crippen molar-refractivity contribution < 1.29 is 14.6 Å². The van der Waals surface area contributed by atoms with Crippen molar-refractivity contribution in [1.82, 2.24) is 9.55 Å². The number of phenolic OH excluding ortho intramolecular Hbond substituents is 1. The molecule has 32 heavy (non-hydrogen) atoms. The molecule has 1 aromatic heterocycles. The minimum absolute atomic E-state index is 0.138. The van der Waals surface area contributed by atoms with Gasteiger partial charge in [-0.25, -0.2) is 4.98 Å². The van der Waals surface area contributed by atoms with Gasteiger partial charge in [0.15, 0.2) is 0 Å². The van der Waals surface area contributed by atoms with Crippen LogP contribution in [0.3, 0.4) is 0 Å². The highest BCUT2D eigenvalue weighted by Gasteiger charge is 2.34. The van der Waals surface area contributed by atoms with E-state index in [9.17, 15) is 9.90 Å². The lowest BCUT2D eigenvalue weighted by Crippen LogP contribution is -2.30. The fraction of sp³-hybridized carbons (Fsp3) is 0.120. The van der Waals surface area contributed by atoms with Gasteiger partial charge < -0.3 is 20.5 Å². The molecule has 0 bridgehead atoms. The fourth-order valence-corrected chi connectivity index (χ4v) is 4.14. The predicted molar refractivity (Wildman–Crippen MR) is 124 cm³/mol. The highest BCUT2D eigenvalue weighted by Crippen LogP contribution is 2.40. The van der Waals surface area contributed by atoms with Gasteiger partial charge in [-0.1, -0.05) is 24.3 Å². The van der Waals surface area contributed by atoms with Gasteiger partial charge in [0.05, 0.1) is 29.8 Å². The first-order chi connectivity index (χ1) is 15.5. The average Bonchev–Trinajstić information content (AvgIpc) is 3.16. The van der Waals surface area contributed by atoms with Crippen molar-refractivity contribution in [2.45, 2.75) is 13.0 Å². The van der Waals surface area contributed by atoms with Crippen molar-refractivity contribution >= 4 is 28.6 Å². The minimum Gasteiger partial charge on any atom is -0.508 e. The van der Waals surface area contributed by atoms with E-state index in [1.165, 1.54) is 0 Å². The van der Waals surface area contributed by atoms with E-state index < -0.39 is 6.04 Å². The van der Waals surface area contributed by atoms with E-state index in [4.69, 9.17) is 9.72 Å². The number of carbonyl (C=O) groups excluding carboxylic acids is 1. The number of hydrogen-bond donors (Lipinski definition) is 3. The molecule has 0 saturated carbocycles. The highest BCUT2D eigenvalue weighted by molar-refractivity contribution is 6.06. The fourth-order valence-electron chi connectivity index (χ4n) is 4.14. The third-order valence-electron chi connectivity index (χ3n) is 5.61. The number of aromatic hydroxyl groups is 1. The third kappa shape index (κ3) is 3.33. The zero-order valence-corrected chi connectivity index (χ0v) is 17.7. The zero-order chi connectivity index (χ0) is 22.2. The number of carbonyl (C=O) groups is 1. The Morgan fingerprint density at radius 2 is 1.88 bits per heavy atom. The van der Waals surface area contributed by atoms with Crippen LogP contribution in [-0.2, 0) is 4.79 Å². The molecule has 0 fully saturated rings. The lowest BCUT2D eigenvalue weighted by molar-refractivity contribution is -0.113. The quantitative estimate of drug-likeness (QED) is 0.441. The van der Waals surface area contributed by atoms with E-state index in [0.717, 1.165) is 16.6 Å². The number of benzene rings is 3. The van der Waals surface area contributed by atoms with E-state index in [0.29, 0.717) is 28.7 Å². The summed E-state index contributed by atoms with van der Waals surface area (Å²) in [6.07, 6.45) is 0. The Hall–Kier alpha value is -4.26. The molecule has 1 atom stereocenters. The standard InChI is InChI=1S/C25H22N4O3/c1-15-22(24(31)27-17-10-12-19(32-2)13-11-17)23(16-6-5-7-18(30)14-16)29-21-9-4-3-8-20(21)28-25(29)26-15/h3-14,23,30H,1-2H3,(H,26,28)(H,27,31). The Balaban J connectivity index is 1.63. The second-order valence-electron chi connectivity index (χ2n) is 7.64. The summed E-state index contributed by atoms with van der Waals surface area (Å²) in [4.78, 5) is 18.2. The maximum atomic E-state index is 13.5. The Morgan fingerprint density at radius 3 is 2.62 bits per heavy atom. The lowest BCUT2D eigenvalue weighted by atomic mass is 9.94. The van der Waals surface area contributed by atoms with Gasteiger partial charge in [-0.3, -0.25) is 9.36 Å². The minimum atomic E-state index is -0.469. The number of methoxy groups -OCH3 is 1. The molecule has 0 radical (unpaired) electrons. The summed E-state index contributed by atoms with van der Waals surface area (Å²) < 4.78 is 7.20. The molecule has 1 aliphatic heterocycles. The SMILES string of the molecule is COc1ccc(NC(=O)C2=C(C)Nc3nc4ccccc4n3C2c2cccc(O)c2)cc1. The summed E-state index contributed by atoms with van der Waals surface area (Å²) in [5.41, 5.74) is 4.41. The van der Waals surface area contributed by atoms with Crippen LogP contribution in [0.2, 0.25) is 0 Å². The number of fused-ring (bicyclic) bond motifs is 3. The lowest BCUT2D eigenvalue weighted by Gasteiger charge is -2.30. The summed E-state index contributed by atoms with van der Waals surface area (Å²) in [7, 11) is 1.60. The van der Waals surface area contributed by atoms with Gasteiger partial charge in [0.2, 0.25) is 5.95 Å². The molecule has 1 unspecified atom stereocenters. The molecule has 1 amide bonds. The van der Waals surface area contributed by atoms with E-state index in [1.54, 1.807) is 49.6 Å². The van der Waals surface area contributed by atoms with Gasteiger partial charge in [0, 0.05) is 11.4 Å². The second-order valence-corrected chi connectivity index (χ2v) is 7.64. The summed E-state index contributed by atoms with van der Waals surface area (Å²) >= 11 is 0. The van der Waals surface area contributed by atoms with E-state index in [1.807, 2.05) is 41.8 Å². The smallest absolute Gasteiger partial charge is 0.255 e. The van der Waals surface area contributed by atoms with Crippen LogP contribution in [0.5, 0.6) is 11.5 Å². The van der Waals surface area contributed by atoms with Crippen LogP contribution in [-0.4, -0.2) is 27.7 Å². The Bertz CT molecular complexity index is 1360. The van der Waals surface area contributed by atoms with E-state index in [-0.39, 0.29) is 11.7 Å². The van der Waals surface area contributed by atoms with E-state index >= 15 is 0 Å². The molecule has 4 aromatic rings. The van der Waals surface area contributed by atoms with Crippen molar-refractivity contribution in [3.8, 4) is 11.5 Å². The van der Waals surface area contributed by atoms with Gasteiger partial charge in [0.25, 0.3) is 5.91 Å². The second kappa shape index (κ2) is 7.77. The molecule has 5 rings (SSSR count). The van der Waals surface area contributed by atoms with Gasteiger partial charge in [0.1, 0.15) is 11.5 Å². The molecule has 3 aromatic carbocycles. The number of amides is 1. The number of para-hydroxylation sites is 2. The molecular formula is C25H22N4O3. The monoisotopic (exact) mass is 426 g/mol. The number of imidazole rings is 1. The molecule has 0 saturated heterocycles. The Labute approximate surface area is 185 Å². The number of phenols is 1. The number of nitrogens with one attached hydrogen (secondary N) is 2. The largest absolute Gasteiger partial charge is 0.508 e. The summed E-state index contributed by atoms with van der Waals surface area (Å²) in [5, 5.41) is 16.4. The Kier molecular flexibility index (Phi) is 4.78. The van der Waals surface area contributed by atoms with Crippen LogP contribution >= 0.6 is 0 Å². The van der Waals surface area contributed by atoms with E-state index in [2.05, 4.69) is 10.6 Å². The number of allylic oxidation sites excluding steroid dienone is 1. The molecule has 7 heteroatoms. The topological polar surface area (TPSA) is 88.4 Å². The third-order valence-corrected chi connectivity index (χ3v) is 5.61. The van der Waals surface area contributed by atoms with Crippen molar-refractivity contribution in [1.29, 1.82) is 0 Å². The normalized spacial score (nSPS) is 15.2. The number of rotatable bonds is 4. The Morgan fingerprint density at radius 1 is 1.09 bits per heavy atom. The first-order valence-electron chi connectivity index (χ1n) is 10.2. The number of anilines is 2. The number of ether oxygens (including phenoxy) is 1. The molecule has 3 N–H and O–H groups in total. The van der Waals surface area contributed by atoms with Crippen molar-refractivity contribution in [2.24, 2.45) is 0 Å². The molecule has 1 aliphatic rings. The predicted octanol–water partition coefficient (Wildman–Crippen LogP) is 4.68. The van der Waals surface area contributed by atoms with Gasteiger partial charge in [-0.05, 0) is 61.0 Å². The maximum absolute atomic E-state index is 13.5. The zero-order valence-electron chi connectivity index (χ0n) is 17.7. The van der Waals surface area contributed by atoms with Crippen LogP contribution in [0.25, 0.3) is 11.0 Å². The summed E-state index contributed by atoms with van der Waals surface area (Å²) in [5.74, 6) is 1.26. The van der Waals surface area contributed by atoms with Crippen LogP contribution in [0.1, 0.15) is 18.5 Å². The summed E-state index contributed by atoms with van der Waals surface area (Å²) in [6, 6.07) is 21.5. The maximum Gasteiger partial charge on any atom is 0.255 e. The average molecular weight is 426 g/mol. The van der Waals surface area contributed by atoms with Crippen molar-refractivity contribution in [2.75, 3.05) is 17.7 Å². The first kappa shape index (κ1) is 19.7. The van der Waals surface area contributed by atoms with Crippen molar-refractivity contribution in [3.63, 3.8) is 0 Å². The van der Waals surface area contributed by atoms with Gasteiger partial charge in [-0.15, -0.1) is 0 Å². The van der Waals surface area contributed by atoms with Crippen molar-refractivity contribution in [3.05, 3.63) is 89.6 Å². The number of nitrogens with zero attached hydrogens (tertiary/aromatic N) is 2. The highest BCUT2D eigenvalue weighted by atomic mass is 16.5. The molecule has 0 aliphatic carbocycles. The van der Waals surface area contributed by atoms with Crippen LogP contribution in [0.15, 0.2) is 84.1 Å². The summed E-state index contributed by atoms with van der Waals surface area (Å²) in [6.45, 7) is 1.86. The first-order valence-corrected chi connectivity index (χ1v) is 10.2. The van der Waals surface area contributed by atoms with Gasteiger partial charge >= 0.3 is 0 Å².